The Bertz CT molecular complexity index is 814. The van der Waals surface area contributed by atoms with Gasteiger partial charge < -0.3 is 5.73 Å². The molecular weight excluding hydrogens is 373 g/mol. The number of halogens is 3. The van der Waals surface area contributed by atoms with Crippen molar-refractivity contribution in [2.24, 2.45) is 0 Å². The second kappa shape index (κ2) is 5.72. The number of nitrogens with zero attached hydrogens (tertiary/aromatic N) is 2. The summed E-state index contributed by atoms with van der Waals surface area (Å²) in [5.41, 5.74) is 8.90. The molecule has 0 aliphatic rings. The Kier molecular flexibility index (Phi) is 3.93. The van der Waals surface area contributed by atoms with Crippen LogP contribution in [0.5, 0.6) is 0 Å². The van der Waals surface area contributed by atoms with Crippen LogP contribution in [0.4, 0.5) is 5.69 Å². The van der Waals surface area contributed by atoms with Crippen LogP contribution in [0.2, 0.25) is 10.0 Å². The van der Waals surface area contributed by atoms with E-state index in [0.717, 1.165) is 15.7 Å². The summed E-state index contributed by atoms with van der Waals surface area (Å²) in [6.07, 6.45) is 1.75. The Morgan fingerprint density at radius 1 is 1.10 bits per heavy atom. The monoisotopic (exact) mass is 381 g/mol. The molecule has 1 heterocycles. The quantitative estimate of drug-likeness (QED) is 0.662. The first-order valence-electron chi connectivity index (χ1n) is 6.11. The fourth-order valence-corrected chi connectivity index (χ4v) is 2.98. The van der Waals surface area contributed by atoms with Crippen LogP contribution >= 0.6 is 39.1 Å². The first-order chi connectivity index (χ1) is 10.0. The van der Waals surface area contributed by atoms with Crippen molar-refractivity contribution < 1.29 is 0 Å². The average Bonchev–Trinajstić information content (AvgIpc) is 2.81. The van der Waals surface area contributed by atoms with Gasteiger partial charge in [0.05, 0.1) is 22.6 Å². The number of anilines is 1. The van der Waals surface area contributed by atoms with E-state index in [0.29, 0.717) is 21.4 Å². The Labute approximate surface area is 140 Å². The van der Waals surface area contributed by atoms with Gasteiger partial charge in [-0.2, -0.15) is 5.10 Å². The summed E-state index contributed by atoms with van der Waals surface area (Å²) in [6, 6.07) is 13.0. The number of aromatic nitrogens is 2. The first-order valence-corrected chi connectivity index (χ1v) is 7.66. The Morgan fingerprint density at radius 2 is 1.90 bits per heavy atom. The summed E-state index contributed by atoms with van der Waals surface area (Å²) in [5.74, 6) is 0. The number of nitrogens with two attached hydrogens (primary N) is 1. The minimum atomic E-state index is 0.555. The third kappa shape index (κ3) is 2.93. The molecule has 0 amide bonds. The normalized spacial score (nSPS) is 10.8. The molecule has 0 aliphatic carbocycles. The van der Waals surface area contributed by atoms with Crippen molar-refractivity contribution in [3.63, 3.8) is 0 Å². The Morgan fingerprint density at radius 3 is 2.62 bits per heavy atom. The lowest BCUT2D eigenvalue weighted by Crippen LogP contribution is -1.94. The van der Waals surface area contributed by atoms with Crippen LogP contribution in [0, 0.1) is 0 Å². The van der Waals surface area contributed by atoms with Gasteiger partial charge in [0.25, 0.3) is 0 Å². The molecule has 0 atom stereocenters. The van der Waals surface area contributed by atoms with Gasteiger partial charge in [-0.05, 0) is 30.3 Å². The molecular formula is C15H10BrCl2N3. The molecule has 0 unspecified atom stereocenters. The predicted molar refractivity (Wildman–Crippen MR) is 91.1 cm³/mol. The molecule has 0 spiro atoms. The summed E-state index contributed by atoms with van der Waals surface area (Å²) < 4.78 is 2.60. The molecule has 106 valence electrons. The number of hydrogen-bond donors (Lipinski definition) is 1. The van der Waals surface area contributed by atoms with Gasteiger partial charge in [0.1, 0.15) is 5.69 Å². The van der Waals surface area contributed by atoms with E-state index in [-0.39, 0.29) is 0 Å². The maximum atomic E-state index is 6.26. The fourth-order valence-electron chi connectivity index (χ4n) is 2.03. The maximum absolute atomic E-state index is 6.26. The standard InChI is InChI=1S/C15H10BrCl2N3/c16-9-4-5-12(13(18)6-9)15-14(19)8-21(20-15)11-3-1-2-10(17)7-11/h1-8H,19H2. The van der Waals surface area contributed by atoms with Crippen LogP contribution in [0.15, 0.2) is 53.1 Å². The molecule has 3 rings (SSSR count). The highest BCUT2D eigenvalue weighted by molar-refractivity contribution is 9.10. The summed E-state index contributed by atoms with van der Waals surface area (Å²) in [4.78, 5) is 0. The van der Waals surface area contributed by atoms with E-state index < -0.39 is 0 Å². The van der Waals surface area contributed by atoms with Crippen LogP contribution in [0.1, 0.15) is 0 Å². The second-order valence-corrected chi connectivity index (χ2v) is 6.24. The molecule has 0 bridgehead atoms. The molecule has 1 aromatic heterocycles. The van der Waals surface area contributed by atoms with Gasteiger partial charge in [0.15, 0.2) is 0 Å². The molecule has 0 saturated carbocycles. The lowest BCUT2D eigenvalue weighted by Gasteiger charge is -2.03. The van der Waals surface area contributed by atoms with Crippen molar-refractivity contribution in [3.8, 4) is 16.9 Å². The minimum absolute atomic E-state index is 0.555. The second-order valence-electron chi connectivity index (χ2n) is 4.48. The van der Waals surface area contributed by atoms with E-state index in [1.54, 1.807) is 10.9 Å². The zero-order valence-electron chi connectivity index (χ0n) is 10.7. The highest BCUT2D eigenvalue weighted by Gasteiger charge is 2.13. The van der Waals surface area contributed by atoms with Crippen molar-refractivity contribution in [1.82, 2.24) is 9.78 Å². The maximum Gasteiger partial charge on any atom is 0.117 e. The van der Waals surface area contributed by atoms with E-state index in [9.17, 15) is 0 Å². The number of rotatable bonds is 2. The van der Waals surface area contributed by atoms with Crippen LogP contribution in [0.25, 0.3) is 16.9 Å². The molecule has 0 saturated heterocycles. The molecule has 2 N–H and O–H groups in total. The van der Waals surface area contributed by atoms with Crippen LogP contribution in [0.3, 0.4) is 0 Å². The summed E-state index contributed by atoms with van der Waals surface area (Å²) >= 11 is 15.6. The smallest absolute Gasteiger partial charge is 0.117 e. The van der Waals surface area contributed by atoms with Crippen molar-refractivity contribution in [1.29, 1.82) is 0 Å². The molecule has 0 fully saturated rings. The highest BCUT2D eigenvalue weighted by Crippen LogP contribution is 2.33. The van der Waals surface area contributed by atoms with Gasteiger partial charge in [-0.25, -0.2) is 4.68 Å². The first kappa shape index (κ1) is 14.4. The zero-order valence-corrected chi connectivity index (χ0v) is 13.8. The fraction of sp³-hybridized carbons (Fsp3) is 0. The van der Waals surface area contributed by atoms with Crippen molar-refractivity contribution in [2.75, 3.05) is 5.73 Å². The number of benzene rings is 2. The van der Waals surface area contributed by atoms with Crippen molar-refractivity contribution in [2.45, 2.75) is 0 Å². The Balaban J connectivity index is 2.10. The third-order valence-electron chi connectivity index (χ3n) is 3.00. The molecule has 21 heavy (non-hydrogen) atoms. The molecule has 3 aromatic rings. The lowest BCUT2D eigenvalue weighted by molar-refractivity contribution is 0.884. The zero-order chi connectivity index (χ0) is 15.0. The van der Waals surface area contributed by atoms with Gasteiger partial charge in [-0.15, -0.1) is 0 Å². The predicted octanol–water partition coefficient (Wildman–Crippen LogP) is 5.19. The van der Waals surface area contributed by atoms with E-state index in [1.807, 2.05) is 42.5 Å². The lowest BCUT2D eigenvalue weighted by atomic mass is 10.1. The van der Waals surface area contributed by atoms with E-state index in [2.05, 4.69) is 21.0 Å². The van der Waals surface area contributed by atoms with Gasteiger partial charge in [0, 0.05) is 15.1 Å². The highest BCUT2D eigenvalue weighted by atomic mass is 79.9. The number of hydrogen-bond acceptors (Lipinski definition) is 2. The summed E-state index contributed by atoms with van der Waals surface area (Å²) in [5, 5.41) is 5.75. The largest absolute Gasteiger partial charge is 0.396 e. The third-order valence-corrected chi connectivity index (χ3v) is 4.04. The molecule has 6 heteroatoms. The van der Waals surface area contributed by atoms with Crippen molar-refractivity contribution in [3.05, 3.63) is 63.2 Å². The summed E-state index contributed by atoms with van der Waals surface area (Å²) in [7, 11) is 0. The molecule has 2 aromatic carbocycles. The van der Waals surface area contributed by atoms with Gasteiger partial charge in [0.2, 0.25) is 0 Å². The summed E-state index contributed by atoms with van der Waals surface area (Å²) in [6.45, 7) is 0. The van der Waals surface area contributed by atoms with E-state index >= 15 is 0 Å². The van der Waals surface area contributed by atoms with Crippen LogP contribution < -0.4 is 5.73 Å². The molecule has 0 aliphatic heterocycles. The van der Waals surface area contributed by atoms with Crippen molar-refractivity contribution >= 4 is 44.8 Å². The number of nitrogen functional groups attached to an aromatic ring is 1. The van der Waals surface area contributed by atoms with Crippen LogP contribution in [-0.2, 0) is 0 Å². The SMILES string of the molecule is Nc1cn(-c2cccc(Cl)c2)nc1-c1ccc(Br)cc1Cl. The van der Waals surface area contributed by atoms with E-state index in [1.165, 1.54) is 0 Å². The van der Waals surface area contributed by atoms with E-state index in [4.69, 9.17) is 28.9 Å². The average molecular weight is 383 g/mol. The Hall–Kier alpha value is -1.49. The topological polar surface area (TPSA) is 43.8 Å². The van der Waals surface area contributed by atoms with Gasteiger partial charge in [-0.3, -0.25) is 0 Å². The van der Waals surface area contributed by atoms with Crippen LogP contribution in [-0.4, -0.2) is 9.78 Å². The van der Waals surface area contributed by atoms with Gasteiger partial charge in [-0.1, -0.05) is 51.3 Å². The molecule has 3 nitrogen and oxygen atoms in total. The van der Waals surface area contributed by atoms with Gasteiger partial charge >= 0.3 is 0 Å². The molecule has 0 radical (unpaired) electrons. The minimum Gasteiger partial charge on any atom is -0.396 e.